The second kappa shape index (κ2) is 9.70. The van der Waals surface area contributed by atoms with Gasteiger partial charge < -0.3 is 19.9 Å². The fourth-order valence-corrected chi connectivity index (χ4v) is 7.77. The Hall–Kier alpha value is -3.64. The summed E-state index contributed by atoms with van der Waals surface area (Å²) >= 11 is 0. The lowest BCUT2D eigenvalue weighted by Gasteiger charge is -2.34. The summed E-state index contributed by atoms with van der Waals surface area (Å²) in [6.07, 6.45) is 7.68. The van der Waals surface area contributed by atoms with Gasteiger partial charge in [0, 0.05) is 68.4 Å². The molecule has 220 valence electrons. The fourth-order valence-electron chi connectivity index (χ4n) is 7.77. The third-order valence-electron chi connectivity index (χ3n) is 9.71. The number of aromatic amines is 1. The van der Waals surface area contributed by atoms with Crippen LogP contribution in [0.25, 0.3) is 27.9 Å². The van der Waals surface area contributed by atoms with Crippen LogP contribution in [-0.4, -0.2) is 85.8 Å². The zero-order valence-corrected chi connectivity index (χ0v) is 23.6. The van der Waals surface area contributed by atoms with E-state index in [1.807, 2.05) is 17.5 Å². The molecule has 42 heavy (non-hydrogen) atoms. The van der Waals surface area contributed by atoms with Crippen LogP contribution < -0.4 is 20.4 Å². The Balaban J connectivity index is 1.26. The summed E-state index contributed by atoms with van der Waals surface area (Å²) in [4.78, 5) is 34.0. The molecule has 4 aliphatic rings. The molecular weight excluding hydrogens is 542 g/mol. The molecule has 4 aromatic rings. The quantitative estimate of drug-likeness (QED) is 0.361. The molecule has 0 radical (unpaired) electrons. The lowest BCUT2D eigenvalue weighted by atomic mass is 9.95. The predicted molar refractivity (Wildman–Crippen MR) is 154 cm³/mol. The van der Waals surface area contributed by atoms with Crippen LogP contribution in [0.1, 0.15) is 44.7 Å². The Morgan fingerprint density at radius 2 is 2.00 bits per heavy atom. The summed E-state index contributed by atoms with van der Waals surface area (Å²) in [5.41, 5.74) is 1.34. The topological polar surface area (TPSA) is 104 Å². The Bertz CT molecular complexity index is 1740. The summed E-state index contributed by atoms with van der Waals surface area (Å²) < 4.78 is 39.1. The standard InChI is InChI=1S/C30H34F2N8O2/c1-2-20-11-33-24-9-21(41)8-23(40(20)24)27-25(32)26-22(12-34-27)28(38-14-18-4-5-19(15-38)35-18)37-29(36-26)42-16-30-6-3-7-39(30)13-17(31)10-30/h8-9,11-12,17-19,33,35H,2-7,10,13-16H2,1H3/t17-,18-,19+,30+/m1/s1. The largest absolute Gasteiger partial charge is 0.461 e. The van der Waals surface area contributed by atoms with Crippen molar-refractivity contribution in [2.24, 2.45) is 0 Å². The van der Waals surface area contributed by atoms with Gasteiger partial charge in [-0.3, -0.25) is 19.1 Å². The minimum atomic E-state index is -0.878. The van der Waals surface area contributed by atoms with Crippen molar-refractivity contribution in [3.63, 3.8) is 0 Å². The summed E-state index contributed by atoms with van der Waals surface area (Å²) in [5, 5.41) is 4.13. The summed E-state index contributed by atoms with van der Waals surface area (Å²) in [7, 11) is 0. The van der Waals surface area contributed by atoms with E-state index in [0.717, 1.165) is 51.0 Å². The predicted octanol–water partition coefficient (Wildman–Crippen LogP) is 3.23. The number of hydrogen-bond acceptors (Lipinski definition) is 8. The summed E-state index contributed by atoms with van der Waals surface area (Å²) in [5.74, 6) is -0.0414. The number of alkyl halides is 1. The van der Waals surface area contributed by atoms with Gasteiger partial charge in [-0.2, -0.15) is 9.97 Å². The van der Waals surface area contributed by atoms with E-state index < -0.39 is 12.0 Å². The Labute approximate surface area is 241 Å². The molecule has 4 saturated heterocycles. The number of fused-ring (bicyclic) bond motifs is 5. The van der Waals surface area contributed by atoms with E-state index in [0.29, 0.717) is 54.0 Å². The van der Waals surface area contributed by atoms with Crippen LogP contribution in [0.4, 0.5) is 14.6 Å². The molecule has 10 nitrogen and oxygen atoms in total. The van der Waals surface area contributed by atoms with E-state index in [9.17, 15) is 9.18 Å². The number of anilines is 1. The van der Waals surface area contributed by atoms with Crippen molar-refractivity contribution in [2.75, 3.05) is 37.7 Å². The maximum Gasteiger partial charge on any atom is 0.319 e. The third kappa shape index (κ3) is 4.10. The van der Waals surface area contributed by atoms with Crippen LogP contribution in [0.15, 0.2) is 29.3 Å². The first-order chi connectivity index (χ1) is 20.4. The molecule has 0 aromatic carbocycles. The van der Waals surface area contributed by atoms with Crippen LogP contribution in [0.5, 0.6) is 6.01 Å². The molecule has 0 aliphatic carbocycles. The number of aryl methyl sites for hydroxylation is 1. The highest BCUT2D eigenvalue weighted by atomic mass is 19.1. The maximum atomic E-state index is 16.6. The number of aromatic nitrogens is 5. The van der Waals surface area contributed by atoms with Crippen LogP contribution in [0, 0.1) is 5.82 Å². The van der Waals surface area contributed by atoms with Crippen LogP contribution in [0.2, 0.25) is 0 Å². The summed E-state index contributed by atoms with van der Waals surface area (Å²) in [6, 6.07) is 3.66. The zero-order chi connectivity index (χ0) is 28.6. The van der Waals surface area contributed by atoms with Gasteiger partial charge in [0.15, 0.2) is 11.2 Å². The summed E-state index contributed by atoms with van der Waals surface area (Å²) in [6.45, 7) is 5.01. The highest BCUT2D eigenvalue weighted by Crippen LogP contribution is 2.41. The highest BCUT2D eigenvalue weighted by Gasteiger charge is 2.49. The number of hydrogen-bond donors (Lipinski definition) is 2. The number of ether oxygens (including phenoxy) is 1. The van der Waals surface area contributed by atoms with E-state index in [1.165, 1.54) is 12.1 Å². The van der Waals surface area contributed by atoms with Gasteiger partial charge in [-0.05, 0) is 38.6 Å². The number of imidazole rings is 1. The normalized spacial score (nSPS) is 27.4. The number of halogens is 2. The Morgan fingerprint density at radius 1 is 1.17 bits per heavy atom. The molecule has 8 heterocycles. The Kier molecular flexibility index (Phi) is 6.01. The highest BCUT2D eigenvalue weighted by molar-refractivity contribution is 5.92. The van der Waals surface area contributed by atoms with Crippen molar-refractivity contribution in [3.05, 3.63) is 46.3 Å². The number of nitrogens with zero attached hydrogens (tertiary/aromatic N) is 6. The first-order valence-electron chi connectivity index (χ1n) is 15.0. The minimum Gasteiger partial charge on any atom is -0.461 e. The van der Waals surface area contributed by atoms with Gasteiger partial charge in [0.05, 0.1) is 16.6 Å². The van der Waals surface area contributed by atoms with Gasteiger partial charge in [-0.1, -0.05) is 6.92 Å². The molecule has 0 spiro atoms. The SMILES string of the molecule is CCc1c[nH]c2cc(=O)cc(-c3ncc4c(N5C[C@H]6CC[C@@H](C5)N6)nc(OC[C@@]56CCCN5C[C@H](F)C6)nc4c3F)n12. The first-order valence-corrected chi connectivity index (χ1v) is 15.0. The second-order valence-electron chi connectivity index (χ2n) is 12.4. The molecule has 2 bridgehead atoms. The van der Waals surface area contributed by atoms with Gasteiger partial charge in [0.2, 0.25) is 0 Å². The van der Waals surface area contributed by atoms with E-state index >= 15 is 4.39 Å². The van der Waals surface area contributed by atoms with Crippen molar-refractivity contribution in [3.8, 4) is 17.4 Å². The van der Waals surface area contributed by atoms with Crippen molar-refractivity contribution in [1.82, 2.24) is 34.6 Å². The Morgan fingerprint density at radius 3 is 2.81 bits per heavy atom. The van der Waals surface area contributed by atoms with Crippen molar-refractivity contribution >= 4 is 22.4 Å². The molecule has 4 aromatic heterocycles. The molecule has 8 rings (SSSR count). The number of nitrogens with one attached hydrogen (secondary N) is 2. The number of rotatable bonds is 6. The molecule has 12 heteroatoms. The monoisotopic (exact) mass is 576 g/mol. The van der Waals surface area contributed by atoms with E-state index in [1.54, 1.807) is 6.20 Å². The van der Waals surface area contributed by atoms with Gasteiger partial charge in [-0.15, -0.1) is 0 Å². The van der Waals surface area contributed by atoms with Crippen molar-refractivity contribution in [2.45, 2.75) is 69.2 Å². The molecule has 4 fully saturated rings. The molecule has 4 atom stereocenters. The van der Waals surface area contributed by atoms with Crippen LogP contribution in [-0.2, 0) is 6.42 Å². The van der Waals surface area contributed by atoms with Gasteiger partial charge in [-0.25, -0.2) is 8.78 Å². The zero-order valence-electron chi connectivity index (χ0n) is 23.6. The fraction of sp³-hybridized carbons (Fsp3) is 0.533. The van der Waals surface area contributed by atoms with E-state index in [4.69, 9.17) is 9.72 Å². The molecule has 0 amide bonds. The molecule has 0 saturated carbocycles. The smallest absolute Gasteiger partial charge is 0.319 e. The molecule has 0 unspecified atom stereocenters. The molecule has 4 aliphatic heterocycles. The van der Waals surface area contributed by atoms with Crippen LogP contribution in [0.3, 0.4) is 0 Å². The van der Waals surface area contributed by atoms with E-state index in [-0.39, 0.29) is 34.8 Å². The van der Waals surface area contributed by atoms with Gasteiger partial charge in [0.25, 0.3) is 0 Å². The first kappa shape index (κ1) is 26.0. The maximum absolute atomic E-state index is 16.6. The molecular formula is C30H34F2N8O2. The number of piperazine rings is 1. The van der Waals surface area contributed by atoms with Crippen molar-refractivity contribution < 1.29 is 13.5 Å². The van der Waals surface area contributed by atoms with Gasteiger partial charge in [0.1, 0.15) is 35.5 Å². The third-order valence-corrected chi connectivity index (χ3v) is 9.71. The average molecular weight is 577 g/mol. The number of H-pyrrole nitrogens is 1. The van der Waals surface area contributed by atoms with E-state index in [2.05, 4.69) is 30.1 Å². The van der Waals surface area contributed by atoms with Crippen molar-refractivity contribution in [1.29, 1.82) is 0 Å². The van der Waals surface area contributed by atoms with Gasteiger partial charge >= 0.3 is 6.01 Å². The lowest BCUT2D eigenvalue weighted by molar-refractivity contribution is 0.107. The minimum absolute atomic E-state index is 0.0390. The van der Waals surface area contributed by atoms with Crippen LogP contribution >= 0.6 is 0 Å². The number of pyridine rings is 2. The molecule has 2 N–H and O–H groups in total. The lowest BCUT2D eigenvalue weighted by Crippen LogP contribution is -2.51. The second-order valence-corrected chi connectivity index (χ2v) is 12.4. The average Bonchev–Trinajstić information content (AvgIpc) is 3.73.